The van der Waals surface area contributed by atoms with Gasteiger partial charge in [-0.1, -0.05) is 40.9 Å². The zero-order valence-corrected chi connectivity index (χ0v) is 14.9. The van der Waals surface area contributed by atoms with Crippen molar-refractivity contribution >= 4 is 42.4 Å². The summed E-state index contributed by atoms with van der Waals surface area (Å²) in [6.45, 7) is 0. The highest BCUT2D eigenvalue weighted by molar-refractivity contribution is 7.54. The van der Waals surface area contributed by atoms with Crippen LogP contribution in [0.5, 0.6) is 0 Å². The van der Waals surface area contributed by atoms with Crippen LogP contribution in [-0.4, -0.2) is 14.2 Å². The van der Waals surface area contributed by atoms with E-state index in [1.165, 1.54) is 14.2 Å². The summed E-state index contributed by atoms with van der Waals surface area (Å²) >= 11 is 18.6. The zero-order chi connectivity index (χ0) is 16.1. The Morgan fingerprint density at radius 3 is 2.23 bits per heavy atom. The molecule has 1 aliphatic carbocycles. The topological polar surface area (TPSA) is 35.5 Å². The van der Waals surface area contributed by atoms with Gasteiger partial charge in [-0.15, -0.1) is 0 Å². The Hall–Kier alpha value is -0.540. The van der Waals surface area contributed by atoms with Gasteiger partial charge in [0.25, 0.3) is 0 Å². The van der Waals surface area contributed by atoms with Crippen molar-refractivity contribution in [3.05, 3.63) is 56.5 Å². The van der Waals surface area contributed by atoms with E-state index in [-0.39, 0.29) is 0 Å². The first-order valence-corrected chi connectivity index (χ1v) is 9.16. The maximum absolute atomic E-state index is 13.0. The molecule has 0 spiro atoms. The SMILES string of the molecule is COP(=O)(OC)C1c2cc(Cl)ccc2-c2c(Cl)cc(Cl)cc21. The summed E-state index contributed by atoms with van der Waals surface area (Å²) in [5.41, 5.74) is 2.53. The van der Waals surface area contributed by atoms with Gasteiger partial charge in [-0.05, 0) is 41.0 Å². The summed E-state index contributed by atoms with van der Waals surface area (Å²) < 4.78 is 23.5. The highest BCUT2D eigenvalue weighted by Crippen LogP contribution is 2.68. The minimum atomic E-state index is -3.43. The highest BCUT2D eigenvalue weighted by Gasteiger charge is 2.44. The van der Waals surface area contributed by atoms with Gasteiger partial charge < -0.3 is 9.05 Å². The van der Waals surface area contributed by atoms with Crippen LogP contribution in [0.1, 0.15) is 16.8 Å². The Kier molecular flexibility index (Phi) is 4.32. The molecule has 1 atom stereocenters. The fourth-order valence-corrected chi connectivity index (χ4v) is 5.34. The van der Waals surface area contributed by atoms with Crippen LogP contribution >= 0.6 is 42.4 Å². The summed E-state index contributed by atoms with van der Waals surface area (Å²) in [7, 11) is -0.709. The first kappa shape index (κ1) is 16.3. The van der Waals surface area contributed by atoms with Crippen molar-refractivity contribution in [3.63, 3.8) is 0 Å². The molecule has 0 aliphatic heterocycles. The van der Waals surface area contributed by atoms with Crippen LogP contribution in [0.2, 0.25) is 15.1 Å². The van der Waals surface area contributed by atoms with Crippen LogP contribution in [0.4, 0.5) is 0 Å². The lowest BCUT2D eigenvalue weighted by molar-refractivity contribution is 0.270. The van der Waals surface area contributed by atoms with Gasteiger partial charge in [-0.25, -0.2) is 0 Å². The Morgan fingerprint density at radius 1 is 0.955 bits per heavy atom. The smallest absolute Gasteiger partial charge is 0.311 e. The van der Waals surface area contributed by atoms with Gasteiger partial charge in [0.05, 0.1) is 5.02 Å². The third-order valence-electron chi connectivity index (χ3n) is 3.78. The molecule has 0 saturated carbocycles. The fraction of sp³-hybridized carbons (Fsp3) is 0.200. The van der Waals surface area contributed by atoms with Crippen molar-refractivity contribution in [2.45, 2.75) is 5.66 Å². The van der Waals surface area contributed by atoms with Crippen molar-refractivity contribution in [2.24, 2.45) is 0 Å². The van der Waals surface area contributed by atoms with Gasteiger partial charge in [-0.2, -0.15) is 0 Å². The van der Waals surface area contributed by atoms with E-state index in [0.29, 0.717) is 15.1 Å². The largest absolute Gasteiger partial charge is 0.341 e. The Balaban J connectivity index is 2.38. The van der Waals surface area contributed by atoms with Crippen LogP contribution in [0.25, 0.3) is 11.1 Å². The van der Waals surface area contributed by atoms with E-state index < -0.39 is 13.3 Å². The lowest BCUT2D eigenvalue weighted by atomic mass is 10.1. The number of fused-ring (bicyclic) bond motifs is 3. The highest BCUT2D eigenvalue weighted by atomic mass is 35.5. The van der Waals surface area contributed by atoms with E-state index in [9.17, 15) is 4.57 Å². The molecule has 22 heavy (non-hydrogen) atoms. The van der Waals surface area contributed by atoms with Crippen LogP contribution < -0.4 is 0 Å². The van der Waals surface area contributed by atoms with E-state index in [2.05, 4.69) is 0 Å². The predicted octanol–water partition coefficient (Wildman–Crippen LogP) is 6.20. The zero-order valence-electron chi connectivity index (χ0n) is 11.8. The molecule has 0 saturated heterocycles. The molecule has 3 nitrogen and oxygen atoms in total. The fourth-order valence-electron chi connectivity index (χ4n) is 2.87. The number of halogens is 3. The Labute approximate surface area is 143 Å². The number of hydrogen-bond acceptors (Lipinski definition) is 3. The van der Waals surface area contributed by atoms with Crippen LogP contribution in [0.15, 0.2) is 30.3 Å². The van der Waals surface area contributed by atoms with Crippen LogP contribution in [0, 0.1) is 0 Å². The Bertz CT molecular complexity index is 799. The third kappa shape index (κ3) is 2.41. The maximum atomic E-state index is 13.0. The van der Waals surface area contributed by atoms with Crippen molar-refractivity contribution in [3.8, 4) is 11.1 Å². The quantitative estimate of drug-likeness (QED) is 0.597. The monoisotopic (exact) mass is 376 g/mol. The van der Waals surface area contributed by atoms with Crippen LogP contribution in [0.3, 0.4) is 0 Å². The van der Waals surface area contributed by atoms with E-state index in [1.54, 1.807) is 24.3 Å². The van der Waals surface area contributed by atoms with E-state index in [0.717, 1.165) is 22.3 Å². The molecular formula is C15H12Cl3O3P. The molecule has 2 aromatic rings. The van der Waals surface area contributed by atoms with Gasteiger partial charge in [0, 0.05) is 29.8 Å². The second kappa shape index (κ2) is 5.83. The van der Waals surface area contributed by atoms with Crippen LogP contribution in [-0.2, 0) is 13.6 Å². The molecule has 2 aromatic carbocycles. The van der Waals surface area contributed by atoms with E-state index >= 15 is 0 Å². The first-order chi connectivity index (χ1) is 10.4. The van der Waals surface area contributed by atoms with Crippen molar-refractivity contribution < 1.29 is 13.6 Å². The molecule has 7 heteroatoms. The van der Waals surface area contributed by atoms with Gasteiger partial charge >= 0.3 is 7.60 Å². The van der Waals surface area contributed by atoms with Gasteiger partial charge in [0.2, 0.25) is 0 Å². The van der Waals surface area contributed by atoms with Crippen molar-refractivity contribution in [2.75, 3.05) is 14.2 Å². The van der Waals surface area contributed by atoms with E-state index in [4.69, 9.17) is 43.9 Å². The molecule has 0 bridgehead atoms. The minimum Gasteiger partial charge on any atom is -0.311 e. The maximum Gasteiger partial charge on any atom is 0.341 e. The predicted molar refractivity (Wildman–Crippen MR) is 90.4 cm³/mol. The molecule has 0 aromatic heterocycles. The molecule has 0 radical (unpaired) electrons. The number of hydrogen-bond donors (Lipinski definition) is 0. The molecule has 116 valence electrons. The summed E-state index contributed by atoms with van der Waals surface area (Å²) in [5, 5.41) is 1.50. The molecule has 0 N–H and O–H groups in total. The number of benzene rings is 2. The molecule has 1 unspecified atom stereocenters. The average molecular weight is 378 g/mol. The summed E-state index contributed by atoms with van der Waals surface area (Å²) in [6.07, 6.45) is 0. The lowest BCUT2D eigenvalue weighted by Crippen LogP contribution is -2.02. The number of rotatable bonds is 3. The average Bonchev–Trinajstić information content (AvgIpc) is 2.80. The third-order valence-corrected chi connectivity index (χ3v) is 6.74. The second-order valence-corrected chi connectivity index (χ2v) is 8.50. The molecule has 0 amide bonds. The van der Waals surface area contributed by atoms with Crippen molar-refractivity contribution in [1.29, 1.82) is 0 Å². The van der Waals surface area contributed by atoms with Gasteiger partial charge in [0.1, 0.15) is 5.66 Å². The standard InChI is InChI=1S/C15H12Cl3O3P/c1-20-22(19,21-2)15-11-5-8(16)3-4-10(11)14-12(15)6-9(17)7-13(14)18/h3-7,15H,1-2H3. The molecule has 0 fully saturated rings. The summed E-state index contributed by atoms with van der Waals surface area (Å²) in [4.78, 5) is 0. The second-order valence-electron chi connectivity index (χ2n) is 4.89. The summed E-state index contributed by atoms with van der Waals surface area (Å²) in [6, 6.07) is 8.78. The Morgan fingerprint density at radius 2 is 1.59 bits per heavy atom. The van der Waals surface area contributed by atoms with E-state index in [1.807, 2.05) is 6.07 Å². The minimum absolute atomic E-state index is 0.464. The lowest BCUT2D eigenvalue weighted by Gasteiger charge is -2.22. The molecule has 3 rings (SSSR count). The van der Waals surface area contributed by atoms with Gasteiger partial charge in [0.15, 0.2) is 0 Å². The normalized spacial score (nSPS) is 16.5. The first-order valence-electron chi connectivity index (χ1n) is 6.41. The van der Waals surface area contributed by atoms with Crippen molar-refractivity contribution in [1.82, 2.24) is 0 Å². The van der Waals surface area contributed by atoms with Gasteiger partial charge in [-0.3, -0.25) is 4.57 Å². The molecule has 1 aliphatic rings. The molecular weight excluding hydrogens is 365 g/mol. The summed E-state index contributed by atoms with van der Waals surface area (Å²) in [5.74, 6) is 0. The molecule has 0 heterocycles.